The van der Waals surface area contributed by atoms with Crippen LogP contribution >= 0.6 is 63.7 Å². The molecule has 0 radical (unpaired) electrons. The predicted octanol–water partition coefficient (Wildman–Crippen LogP) is 10.2. The molecule has 0 fully saturated rings. The number of hydrogen-bond donors (Lipinski definition) is 0. The number of halogens is 4. The first-order chi connectivity index (χ1) is 14.7. The average Bonchev–Trinajstić information content (AvgIpc) is 2.71. The van der Waals surface area contributed by atoms with E-state index in [4.69, 9.17) is 9.47 Å². The fourth-order valence-corrected chi connectivity index (χ4v) is 6.17. The van der Waals surface area contributed by atoms with Crippen molar-refractivity contribution >= 4 is 63.7 Å². The van der Waals surface area contributed by atoms with Gasteiger partial charge in [-0.15, -0.1) is 0 Å². The molecule has 0 heterocycles. The minimum absolute atomic E-state index is 0.211. The summed E-state index contributed by atoms with van der Waals surface area (Å²) in [5.41, 5.74) is 2.18. The van der Waals surface area contributed by atoms with Crippen molar-refractivity contribution in [2.45, 2.75) is 71.6 Å². The highest BCUT2D eigenvalue weighted by atomic mass is 79.9. The van der Waals surface area contributed by atoms with Gasteiger partial charge < -0.3 is 9.47 Å². The van der Waals surface area contributed by atoms with Crippen molar-refractivity contribution in [1.82, 2.24) is 0 Å². The van der Waals surface area contributed by atoms with Crippen molar-refractivity contribution in [3.8, 4) is 11.5 Å². The van der Waals surface area contributed by atoms with Gasteiger partial charge >= 0.3 is 0 Å². The molecule has 0 unspecified atom stereocenters. The topological polar surface area (TPSA) is 18.5 Å². The molecular formula is C25H32Br4O2. The third-order valence-corrected chi connectivity index (χ3v) is 7.78. The zero-order chi connectivity index (χ0) is 23.0. The van der Waals surface area contributed by atoms with Crippen LogP contribution in [0.1, 0.15) is 77.3 Å². The molecule has 172 valence electrons. The van der Waals surface area contributed by atoms with Gasteiger partial charge in [-0.1, -0.05) is 53.4 Å². The summed E-state index contributed by atoms with van der Waals surface area (Å²) >= 11 is 14.9. The second-order valence-electron chi connectivity index (χ2n) is 8.27. The summed E-state index contributed by atoms with van der Waals surface area (Å²) in [6.45, 7) is 10.3. The highest BCUT2D eigenvalue weighted by molar-refractivity contribution is 9.11. The van der Waals surface area contributed by atoms with Crippen LogP contribution in [0.5, 0.6) is 11.5 Å². The van der Waals surface area contributed by atoms with Gasteiger partial charge in [-0.2, -0.15) is 0 Å². The van der Waals surface area contributed by atoms with Crippen LogP contribution in [-0.2, 0) is 5.41 Å². The van der Waals surface area contributed by atoms with Gasteiger partial charge in [0.1, 0.15) is 11.5 Å². The maximum atomic E-state index is 6.03. The fourth-order valence-electron chi connectivity index (χ4n) is 3.34. The Morgan fingerprint density at radius 2 is 0.935 bits per heavy atom. The Kier molecular flexibility index (Phi) is 11.4. The molecule has 0 N–H and O–H groups in total. The molecule has 0 saturated heterocycles. The molecule has 2 aromatic rings. The zero-order valence-corrected chi connectivity index (χ0v) is 25.1. The molecule has 2 rings (SSSR count). The largest absolute Gasteiger partial charge is 0.491 e. The van der Waals surface area contributed by atoms with Crippen LogP contribution in [-0.4, -0.2) is 13.2 Å². The summed E-state index contributed by atoms with van der Waals surface area (Å²) in [6, 6.07) is 8.65. The predicted molar refractivity (Wildman–Crippen MR) is 146 cm³/mol. The van der Waals surface area contributed by atoms with Crippen LogP contribution in [0.3, 0.4) is 0 Å². The molecular weight excluding hydrogens is 652 g/mol. The van der Waals surface area contributed by atoms with Crippen molar-refractivity contribution < 1.29 is 9.47 Å². The normalized spacial score (nSPS) is 11.6. The van der Waals surface area contributed by atoms with Gasteiger partial charge in [0.05, 0.1) is 31.1 Å². The molecule has 2 aromatic carbocycles. The Bertz CT molecular complexity index is 749. The van der Waals surface area contributed by atoms with Gasteiger partial charge in [0, 0.05) is 5.41 Å². The van der Waals surface area contributed by atoms with Crippen LogP contribution in [0.15, 0.2) is 42.2 Å². The third kappa shape index (κ3) is 7.48. The molecule has 0 amide bonds. The first-order valence-corrected chi connectivity index (χ1v) is 14.1. The smallest absolute Gasteiger partial charge is 0.147 e. The van der Waals surface area contributed by atoms with Crippen LogP contribution in [0, 0.1) is 0 Å². The fraction of sp³-hybridized carbons (Fsp3) is 0.520. The molecule has 6 heteroatoms. The van der Waals surface area contributed by atoms with E-state index in [1.165, 1.54) is 36.8 Å². The Morgan fingerprint density at radius 3 is 1.23 bits per heavy atom. The summed E-state index contributed by atoms with van der Waals surface area (Å²) < 4.78 is 15.9. The third-order valence-electron chi connectivity index (χ3n) is 5.43. The second-order valence-corrected chi connectivity index (χ2v) is 11.7. The zero-order valence-electron chi connectivity index (χ0n) is 18.8. The molecule has 0 aromatic heterocycles. The molecule has 0 saturated carbocycles. The van der Waals surface area contributed by atoms with Gasteiger partial charge in [-0.3, -0.25) is 0 Å². The molecule has 2 nitrogen and oxygen atoms in total. The van der Waals surface area contributed by atoms with Crippen molar-refractivity contribution in [2.24, 2.45) is 0 Å². The van der Waals surface area contributed by atoms with E-state index in [0.29, 0.717) is 0 Å². The number of unbranched alkanes of at least 4 members (excludes halogenated alkanes) is 4. The molecule has 0 aliphatic heterocycles. The quantitative estimate of drug-likeness (QED) is 0.207. The van der Waals surface area contributed by atoms with Crippen LogP contribution in [0.4, 0.5) is 0 Å². The Hall–Kier alpha value is -0.0400. The molecule has 0 bridgehead atoms. The second kappa shape index (κ2) is 13.0. The Morgan fingerprint density at radius 1 is 0.613 bits per heavy atom. The van der Waals surface area contributed by atoms with E-state index in [9.17, 15) is 0 Å². The highest BCUT2D eigenvalue weighted by Crippen LogP contribution is 2.44. The van der Waals surface area contributed by atoms with Gasteiger partial charge in [0.2, 0.25) is 0 Å². The summed E-state index contributed by atoms with van der Waals surface area (Å²) in [5.74, 6) is 1.74. The van der Waals surface area contributed by atoms with Gasteiger partial charge in [-0.25, -0.2) is 0 Å². The SMILES string of the molecule is CCCCCOc1c(Br)cc(C(C)(C)c2cc(Br)c(OCCCCC)c(Br)c2)cc1Br. The van der Waals surface area contributed by atoms with E-state index in [1.54, 1.807) is 0 Å². The highest BCUT2D eigenvalue weighted by Gasteiger charge is 2.27. The lowest BCUT2D eigenvalue weighted by atomic mass is 9.78. The number of benzene rings is 2. The number of hydrogen-bond acceptors (Lipinski definition) is 2. The number of rotatable bonds is 12. The van der Waals surface area contributed by atoms with E-state index < -0.39 is 0 Å². The Labute approximate surface area is 221 Å². The summed E-state index contributed by atoms with van der Waals surface area (Å²) in [6.07, 6.45) is 6.87. The van der Waals surface area contributed by atoms with E-state index >= 15 is 0 Å². The summed E-state index contributed by atoms with van der Waals surface area (Å²) in [5, 5.41) is 0. The van der Waals surface area contributed by atoms with Crippen molar-refractivity contribution in [3.63, 3.8) is 0 Å². The average molecular weight is 684 g/mol. The lowest BCUT2D eigenvalue weighted by Crippen LogP contribution is -2.19. The molecule has 0 spiro atoms. The van der Waals surface area contributed by atoms with Gasteiger partial charge in [-0.05, 0) is 112 Å². The van der Waals surface area contributed by atoms with Crippen molar-refractivity contribution in [2.75, 3.05) is 13.2 Å². The molecule has 31 heavy (non-hydrogen) atoms. The lowest BCUT2D eigenvalue weighted by molar-refractivity contribution is 0.302. The number of ether oxygens (including phenoxy) is 2. The standard InChI is InChI=1S/C25H32Br4O2/c1-5-7-9-11-30-23-19(26)13-17(14-20(23)27)25(3,4)18-15-21(28)24(22(29)16-18)31-12-10-8-6-2/h13-16H,5-12H2,1-4H3. The Balaban J connectivity index is 2.26. The monoisotopic (exact) mass is 680 g/mol. The maximum Gasteiger partial charge on any atom is 0.147 e. The first-order valence-electron chi connectivity index (χ1n) is 11.0. The molecule has 0 atom stereocenters. The van der Waals surface area contributed by atoms with E-state index in [2.05, 4.69) is 116 Å². The van der Waals surface area contributed by atoms with E-state index in [0.717, 1.165) is 55.4 Å². The minimum atomic E-state index is -0.211. The van der Waals surface area contributed by atoms with Gasteiger partial charge in [0.15, 0.2) is 0 Å². The lowest BCUT2D eigenvalue weighted by Gasteiger charge is -2.28. The molecule has 0 aliphatic rings. The van der Waals surface area contributed by atoms with E-state index in [1.807, 2.05) is 0 Å². The van der Waals surface area contributed by atoms with Gasteiger partial charge in [0.25, 0.3) is 0 Å². The van der Waals surface area contributed by atoms with E-state index in [-0.39, 0.29) is 5.41 Å². The van der Waals surface area contributed by atoms with Crippen LogP contribution < -0.4 is 9.47 Å². The first kappa shape index (κ1) is 27.2. The van der Waals surface area contributed by atoms with Crippen LogP contribution in [0.25, 0.3) is 0 Å². The van der Waals surface area contributed by atoms with Crippen molar-refractivity contribution in [3.05, 3.63) is 53.3 Å². The summed E-state index contributed by atoms with van der Waals surface area (Å²) in [7, 11) is 0. The van der Waals surface area contributed by atoms with Crippen LogP contribution in [0.2, 0.25) is 0 Å². The maximum absolute atomic E-state index is 6.03. The minimum Gasteiger partial charge on any atom is -0.491 e. The van der Waals surface area contributed by atoms with Crippen molar-refractivity contribution in [1.29, 1.82) is 0 Å². The summed E-state index contributed by atoms with van der Waals surface area (Å²) in [4.78, 5) is 0. The molecule has 0 aliphatic carbocycles.